The van der Waals surface area contributed by atoms with Crippen molar-refractivity contribution in [1.29, 1.82) is 0 Å². The van der Waals surface area contributed by atoms with Gasteiger partial charge in [-0.05, 0) is 19.3 Å². The van der Waals surface area contributed by atoms with Crippen LogP contribution in [0.3, 0.4) is 0 Å². The molecular weight excluding hydrogens is 220 g/mol. The summed E-state index contributed by atoms with van der Waals surface area (Å²) in [6.07, 6.45) is 6.63. The Hall–Kier alpha value is -1.50. The molecule has 0 heterocycles. The maximum Gasteiger partial charge on any atom is 0.384 e. The smallest absolute Gasteiger partial charge is 0.384 e. The number of carbonyl (C=O) groups excluding carboxylic acids is 2. The first kappa shape index (κ1) is 15.5. The minimum Gasteiger partial charge on any atom is -0.550 e. The Morgan fingerprint density at radius 3 is 2.24 bits per heavy atom. The van der Waals surface area contributed by atoms with E-state index in [9.17, 15) is 14.7 Å². The molecule has 0 unspecified atom stereocenters. The van der Waals surface area contributed by atoms with Crippen molar-refractivity contribution in [2.45, 2.75) is 51.4 Å². The maximum atomic E-state index is 10.6. The lowest BCUT2D eigenvalue weighted by Crippen LogP contribution is -2.21. The maximum absolute atomic E-state index is 10.6. The standard InChI is InChI=1S/C13H20O4/c1-17-13(16)11-9-7-5-3-2-4-6-8-10-12(14)15/h2-8,10H2,1H3,(H,14,15)/p-1. The zero-order valence-electron chi connectivity index (χ0n) is 10.3. The van der Waals surface area contributed by atoms with Crippen LogP contribution in [0, 0.1) is 11.8 Å². The van der Waals surface area contributed by atoms with Crippen LogP contribution in [0.25, 0.3) is 0 Å². The number of rotatable bonds is 8. The molecule has 0 amide bonds. The highest BCUT2D eigenvalue weighted by Crippen LogP contribution is 2.07. The van der Waals surface area contributed by atoms with E-state index in [0.29, 0.717) is 12.8 Å². The van der Waals surface area contributed by atoms with Gasteiger partial charge < -0.3 is 14.6 Å². The molecule has 0 aromatic carbocycles. The molecule has 0 N–H and O–H groups in total. The van der Waals surface area contributed by atoms with E-state index in [0.717, 1.165) is 32.1 Å². The first-order valence-corrected chi connectivity index (χ1v) is 5.93. The van der Waals surface area contributed by atoms with Crippen molar-refractivity contribution in [3.63, 3.8) is 0 Å². The highest BCUT2D eigenvalue weighted by atomic mass is 16.5. The van der Waals surface area contributed by atoms with Crippen molar-refractivity contribution in [2.75, 3.05) is 7.11 Å². The molecule has 4 heteroatoms. The molecule has 96 valence electrons. The molecule has 0 atom stereocenters. The number of esters is 1. The first-order valence-electron chi connectivity index (χ1n) is 5.93. The molecule has 0 rings (SSSR count). The van der Waals surface area contributed by atoms with Crippen LogP contribution >= 0.6 is 0 Å². The Labute approximate surface area is 102 Å². The lowest BCUT2D eigenvalue weighted by molar-refractivity contribution is -0.305. The summed E-state index contributed by atoms with van der Waals surface area (Å²) in [5.41, 5.74) is 0. The molecule has 0 aromatic heterocycles. The molecule has 0 bridgehead atoms. The molecular formula is C13H19O4-. The number of aliphatic carboxylic acids is 1. The van der Waals surface area contributed by atoms with Crippen molar-refractivity contribution in [3.8, 4) is 11.8 Å². The highest BCUT2D eigenvalue weighted by Gasteiger charge is 1.92. The SMILES string of the molecule is COC(=O)C#CCCCCCCCCC(=O)[O-]. The van der Waals surface area contributed by atoms with Crippen LogP contribution in [0.2, 0.25) is 0 Å². The Morgan fingerprint density at radius 1 is 1.06 bits per heavy atom. The van der Waals surface area contributed by atoms with E-state index in [-0.39, 0.29) is 6.42 Å². The van der Waals surface area contributed by atoms with Gasteiger partial charge in [0.15, 0.2) is 0 Å². The van der Waals surface area contributed by atoms with Gasteiger partial charge in [0, 0.05) is 18.3 Å². The van der Waals surface area contributed by atoms with Crippen LogP contribution < -0.4 is 5.11 Å². The zero-order chi connectivity index (χ0) is 12.9. The summed E-state index contributed by atoms with van der Waals surface area (Å²) in [5, 5.41) is 10.1. The number of carbonyl (C=O) groups is 2. The molecule has 0 aliphatic carbocycles. The lowest BCUT2D eigenvalue weighted by atomic mass is 10.1. The summed E-state index contributed by atoms with van der Waals surface area (Å²) in [5.74, 6) is 3.65. The van der Waals surface area contributed by atoms with E-state index in [1.165, 1.54) is 7.11 Å². The largest absolute Gasteiger partial charge is 0.550 e. The molecule has 0 saturated carbocycles. The van der Waals surface area contributed by atoms with Crippen LogP contribution in [-0.4, -0.2) is 19.0 Å². The zero-order valence-corrected chi connectivity index (χ0v) is 10.3. The van der Waals surface area contributed by atoms with Crippen molar-refractivity contribution >= 4 is 11.9 Å². The second-order valence-corrected chi connectivity index (χ2v) is 3.79. The van der Waals surface area contributed by atoms with E-state index in [1.54, 1.807) is 0 Å². The number of carboxylic acid groups (broad SMARTS) is 1. The van der Waals surface area contributed by atoms with Crippen LogP contribution in [0.4, 0.5) is 0 Å². The van der Waals surface area contributed by atoms with Gasteiger partial charge in [-0.1, -0.05) is 31.6 Å². The van der Waals surface area contributed by atoms with Crippen LogP contribution in [-0.2, 0) is 14.3 Å². The van der Waals surface area contributed by atoms with Crippen LogP contribution in [0.15, 0.2) is 0 Å². The van der Waals surface area contributed by atoms with E-state index < -0.39 is 11.9 Å². The predicted molar refractivity (Wildman–Crippen MR) is 61.7 cm³/mol. The van der Waals surface area contributed by atoms with Gasteiger partial charge in [0.1, 0.15) is 0 Å². The third-order valence-electron chi connectivity index (χ3n) is 2.31. The van der Waals surface area contributed by atoms with Gasteiger partial charge in [-0.3, -0.25) is 0 Å². The predicted octanol–water partition coefficient (Wildman–Crippen LogP) is 1.03. The Bertz CT molecular complexity index is 286. The van der Waals surface area contributed by atoms with Crippen molar-refractivity contribution < 1.29 is 19.4 Å². The fourth-order valence-corrected chi connectivity index (χ4v) is 1.38. The lowest BCUT2D eigenvalue weighted by Gasteiger charge is -2.01. The third kappa shape index (κ3) is 12.4. The number of hydrogen-bond acceptors (Lipinski definition) is 4. The summed E-state index contributed by atoms with van der Waals surface area (Å²) in [6.45, 7) is 0. The summed E-state index contributed by atoms with van der Waals surface area (Å²) in [7, 11) is 1.31. The second kappa shape index (κ2) is 11.0. The molecule has 0 aliphatic rings. The molecule has 0 saturated heterocycles. The van der Waals surface area contributed by atoms with E-state index >= 15 is 0 Å². The number of unbranched alkanes of at least 4 members (excludes halogenated alkanes) is 6. The minimum atomic E-state index is -0.969. The van der Waals surface area contributed by atoms with Gasteiger partial charge in [0.25, 0.3) is 0 Å². The third-order valence-corrected chi connectivity index (χ3v) is 2.31. The minimum absolute atomic E-state index is 0.157. The number of ether oxygens (including phenoxy) is 1. The Balaban J connectivity index is 3.20. The first-order chi connectivity index (χ1) is 8.16. The van der Waals surface area contributed by atoms with Gasteiger partial charge in [-0.2, -0.15) is 0 Å². The van der Waals surface area contributed by atoms with Crippen molar-refractivity contribution in [3.05, 3.63) is 0 Å². The van der Waals surface area contributed by atoms with E-state index in [4.69, 9.17) is 0 Å². The average molecular weight is 239 g/mol. The fraction of sp³-hybridized carbons (Fsp3) is 0.692. The quantitative estimate of drug-likeness (QED) is 0.275. The number of carboxylic acids is 1. The van der Waals surface area contributed by atoms with Crippen LogP contribution in [0.1, 0.15) is 51.4 Å². The number of methoxy groups -OCH3 is 1. The molecule has 0 radical (unpaired) electrons. The van der Waals surface area contributed by atoms with Gasteiger partial charge in [0.2, 0.25) is 0 Å². The summed E-state index contributed by atoms with van der Waals surface area (Å²) < 4.78 is 4.38. The summed E-state index contributed by atoms with van der Waals surface area (Å²) >= 11 is 0. The second-order valence-electron chi connectivity index (χ2n) is 3.79. The number of hydrogen-bond donors (Lipinski definition) is 0. The molecule has 17 heavy (non-hydrogen) atoms. The molecule has 0 aliphatic heterocycles. The van der Waals surface area contributed by atoms with Gasteiger partial charge >= 0.3 is 5.97 Å². The average Bonchev–Trinajstić information content (AvgIpc) is 2.30. The summed E-state index contributed by atoms with van der Waals surface area (Å²) in [6, 6.07) is 0. The monoisotopic (exact) mass is 239 g/mol. The van der Waals surface area contributed by atoms with Crippen molar-refractivity contribution in [1.82, 2.24) is 0 Å². The van der Waals surface area contributed by atoms with E-state index in [1.807, 2.05) is 0 Å². The van der Waals surface area contributed by atoms with Crippen molar-refractivity contribution in [2.24, 2.45) is 0 Å². The Kier molecular flexibility index (Phi) is 10.0. The molecule has 0 aromatic rings. The van der Waals surface area contributed by atoms with Gasteiger partial charge in [-0.15, -0.1) is 0 Å². The fourth-order valence-electron chi connectivity index (χ4n) is 1.38. The Morgan fingerprint density at radius 2 is 1.65 bits per heavy atom. The van der Waals surface area contributed by atoms with E-state index in [2.05, 4.69) is 16.6 Å². The molecule has 4 nitrogen and oxygen atoms in total. The van der Waals surface area contributed by atoms with Gasteiger partial charge in [0.05, 0.1) is 7.11 Å². The topological polar surface area (TPSA) is 66.4 Å². The molecule has 0 spiro atoms. The van der Waals surface area contributed by atoms with Gasteiger partial charge in [-0.25, -0.2) is 4.79 Å². The highest BCUT2D eigenvalue weighted by molar-refractivity contribution is 5.88. The summed E-state index contributed by atoms with van der Waals surface area (Å²) in [4.78, 5) is 20.7. The molecule has 0 fully saturated rings. The normalized spacial score (nSPS) is 9.24. The van der Waals surface area contributed by atoms with Crippen LogP contribution in [0.5, 0.6) is 0 Å².